The summed E-state index contributed by atoms with van der Waals surface area (Å²) in [6.07, 6.45) is 9.73. The molecule has 2 aliphatic heterocycles. The maximum absolute atomic E-state index is 6.28. The normalized spacial score (nSPS) is 25.9. The van der Waals surface area contributed by atoms with Gasteiger partial charge in [-0.1, -0.05) is 0 Å². The summed E-state index contributed by atoms with van der Waals surface area (Å²) in [5, 5.41) is 2.96. The Morgan fingerprint density at radius 2 is 1.44 bits per heavy atom. The third-order valence-corrected chi connectivity index (χ3v) is 5.27. The standard InChI is InChI=1S/C18H21N5O4/c1-6-19-15(20-7-1)23-16-21-10-13(11-22-16)14-12-26-18(27-14)4-2-17(3-5-18)24-8-9-25-17/h1,6-7,10-11,14H,2-5,8-9,12H2,(H,19,20,21,22,23). The van der Waals surface area contributed by atoms with Crippen molar-refractivity contribution in [2.24, 2.45) is 0 Å². The van der Waals surface area contributed by atoms with E-state index < -0.39 is 11.6 Å². The molecule has 0 amide bonds. The second-order valence-corrected chi connectivity index (χ2v) is 6.97. The molecule has 3 fully saturated rings. The molecule has 1 saturated carbocycles. The largest absolute Gasteiger partial charge is 0.348 e. The number of aromatic nitrogens is 4. The highest BCUT2D eigenvalue weighted by molar-refractivity contribution is 5.41. The van der Waals surface area contributed by atoms with Crippen LogP contribution in [0.5, 0.6) is 0 Å². The van der Waals surface area contributed by atoms with Crippen LogP contribution in [0, 0.1) is 0 Å². The number of anilines is 2. The van der Waals surface area contributed by atoms with Crippen LogP contribution in [0.1, 0.15) is 37.4 Å². The lowest BCUT2D eigenvalue weighted by Crippen LogP contribution is -2.44. The molecule has 2 spiro atoms. The van der Waals surface area contributed by atoms with Gasteiger partial charge in [-0.2, -0.15) is 0 Å². The predicted molar refractivity (Wildman–Crippen MR) is 93.0 cm³/mol. The summed E-state index contributed by atoms with van der Waals surface area (Å²) in [4.78, 5) is 16.9. The van der Waals surface area contributed by atoms with Gasteiger partial charge in [-0.25, -0.2) is 19.9 Å². The highest BCUT2D eigenvalue weighted by Gasteiger charge is 2.51. The molecule has 4 heterocycles. The van der Waals surface area contributed by atoms with Crippen molar-refractivity contribution < 1.29 is 18.9 Å². The summed E-state index contributed by atoms with van der Waals surface area (Å²) in [5.74, 6) is -0.0858. The molecular formula is C18H21N5O4. The molecule has 1 unspecified atom stereocenters. The molecule has 2 aromatic heterocycles. The van der Waals surface area contributed by atoms with Gasteiger partial charge in [0.2, 0.25) is 11.9 Å². The summed E-state index contributed by atoms with van der Waals surface area (Å²) < 4.78 is 23.9. The third-order valence-electron chi connectivity index (χ3n) is 5.27. The van der Waals surface area contributed by atoms with Crippen molar-refractivity contribution in [3.8, 4) is 0 Å². The minimum Gasteiger partial charge on any atom is -0.348 e. The molecule has 142 valence electrons. The first kappa shape index (κ1) is 16.9. The van der Waals surface area contributed by atoms with Crippen molar-refractivity contribution in [3.63, 3.8) is 0 Å². The van der Waals surface area contributed by atoms with Crippen molar-refractivity contribution in [2.75, 3.05) is 25.1 Å². The van der Waals surface area contributed by atoms with E-state index in [1.807, 2.05) is 0 Å². The highest BCUT2D eigenvalue weighted by Crippen LogP contribution is 2.47. The monoisotopic (exact) mass is 371 g/mol. The zero-order valence-corrected chi connectivity index (χ0v) is 14.8. The number of nitrogens with one attached hydrogen (secondary N) is 1. The Balaban J connectivity index is 1.21. The van der Waals surface area contributed by atoms with Gasteiger partial charge in [0.15, 0.2) is 11.6 Å². The van der Waals surface area contributed by atoms with Crippen LogP contribution >= 0.6 is 0 Å². The van der Waals surface area contributed by atoms with E-state index in [-0.39, 0.29) is 6.10 Å². The summed E-state index contributed by atoms with van der Waals surface area (Å²) in [6.45, 7) is 1.83. The lowest BCUT2D eigenvalue weighted by atomic mass is 9.89. The molecule has 0 radical (unpaired) electrons. The first-order chi connectivity index (χ1) is 13.2. The number of rotatable bonds is 3. The average Bonchev–Trinajstić information content (AvgIpc) is 3.34. The fourth-order valence-corrected chi connectivity index (χ4v) is 3.81. The van der Waals surface area contributed by atoms with E-state index in [2.05, 4.69) is 25.3 Å². The van der Waals surface area contributed by atoms with E-state index in [4.69, 9.17) is 18.9 Å². The lowest BCUT2D eigenvalue weighted by Gasteiger charge is -2.40. The van der Waals surface area contributed by atoms with Crippen LogP contribution in [0.25, 0.3) is 0 Å². The number of hydrogen-bond donors (Lipinski definition) is 1. The Labute approximate surface area is 156 Å². The van der Waals surface area contributed by atoms with Gasteiger partial charge in [0.25, 0.3) is 0 Å². The molecule has 0 aromatic carbocycles. The van der Waals surface area contributed by atoms with Crippen LogP contribution < -0.4 is 5.32 Å². The van der Waals surface area contributed by atoms with Gasteiger partial charge in [-0.15, -0.1) is 0 Å². The first-order valence-corrected chi connectivity index (χ1v) is 9.20. The van der Waals surface area contributed by atoms with E-state index in [0.29, 0.717) is 31.7 Å². The molecule has 9 nitrogen and oxygen atoms in total. The summed E-state index contributed by atoms with van der Waals surface area (Å²) >= 11 is 0. The zero-order chi connectivity index (χ0) is 18.2. The topological polar surface area (TPSA) is 101 Å². The Hall–Kier alpha value is -2.20. The van der Waals surface area contributed by atoms with Crippen molar-refractivity contribution in [2.45, 2.75) is 43.4 Å². The van der Waals surface area contributed by atoms with E-state index in [1.54, 1.807) is 30.9 Å². The van der Waals surface area contributed by atoms with Crippen LogP contribution in [0.2, 0.25) is 0 Å². The lowest BCUT2D eigenvalue weighted by molar-refractivity contribution is -0.255. The summed E-state index contributed by atoms with van der Waals surface area (Å²) in [5.41, 5.74) is 0.889. The van der Waals surface area contributed by atoms with E-state index >= 15 is 0 Å². The Bertz CT molecular complexity index is 772. The van der Waals surface area contributed by atoms with Gasteiger partial charge in [0, 0.05) is 56.0 Å². The summed E-state index contributed by atoms with van der Waals surface area (Å²) in [7, 11) is 0. The Morgan fingerprint density at radius 3 is 2.15 bits per heavy atom. The molecule has 2 saturated heterocycles. The molecule has 2 aromatic rings. The van der Waals surface area contributed by atoms with Crippen molar-refractivity contribution in [1.29, 1.82) is 0 Å². The molecule has 1 N–H and O–H groups in total. The first-order valence-electron chi connectivity index (χ1n) is 9.20. The number of hydrogen-bond acceptors (Lipinski definition) is 9. The maximum atomic E-state index is 6.28. The second kappa shape index (κ2) is 6.75. The quantitative estimate of drug-likeness (QED) is 0.869. The van der Waals surface area contributed by atoms with Gasteiger partial charge in [-0.05, 0) is 6.07 Å². The van der Waals surface area contributed by atoms with Crippen LogP contribution in [0.4, 0.5) is 11.9 Å². The van der Waals surface area contributed by atoms with Crippen LogP contribution in [0.3, 0.4) is 0 Å². The van der Waals surface area contributed by atoms with Crippen molar-refractivity contribution in [1.82, 2.24) is 19.9 Å². The van der Waals surface area contributed by atoms with Gasteiger partial charge < -0.3 is 18.9 Å². The average molecular weight is 371 g/mol. The van der Waals surface area contributed by atoms with Crippen LogP contribution in [0.15, 0.2) is 30.9 Å². The van der Waals surface area contributed by atoms with Gasteiger partial charge >= 0.3 is 0 Å². The SMILES string of the molecule is c1cnc(Nc2ncc(C3COC4(CCC5(CC4)OCCO5)O3)cn2)nc1. The molecule has 1 atom stereocenters. The molecule has 9 heteroatoms. The molecule has 5 rings (SSSR count). The minimum absolute atomic E-state index is 0.175. The Kier molecular flexibility index (Phi) is 4.24. The second-order valence-electron chi connectivity index (χ2n) is 6.97. The van der Waals surface area contributed by atoms with E-state index in [0.717, 1.165) is 31.2 Å². The molecular weight excluding hydrogens is 350 g/mol. The summed E-state index contributed by atoms with van der Waals surface area (Å²) in [6, 6.07) is 1.75. The van der Waals surface area contributed by atoms with E-state index in [1.165, 1.54) is 0 Å². The van der Waals surface area contributed by atoms with E-state index in [9.17, 15) is 0 Å². The molecule has 27 heavy (non-hydrogen) atoms. The Morgan fingerprint density at radius 1 is 0.815 bits per heavy atom. The number of ether oxygens (including phenoxy) is 4. The fourth-order valence-electron chi connectivity index (χ4n) is 3.81. The smallest absolute Gasteiger partial charge is 0.229 e. The van der Waals surface area contributed by atoms with Gasteiger partial charge in [0.05, 0.1) is 19.8 Å². The molecule has 0 bridgehead atoms. The van der Waals surface area contributed by atoms with Gasteiger partial charge in [-0.3, -0.25) is 5.32 Å². The minimum atomic E-state index is -0.556. The van der Waals surface area contributed by atoms with Crippen molar-refractivity contribution in [3.05, 3.63) is 36.4 Å². The predicted octanol–water partition coefficient (Wildman–Crippen LogP) is 2.11. The molecule has 1 aliphatic carbocycles. The third kappa shape index (κ3) is 3.39. The van der Waals surface area contributed by atoms with Crippen LogP contribution in [-0.4, -0.2) is 51.3 Å². The van der Waals surface area contributed by atoms with Crippen LogP contribution in [-0.2, 0) is 18.9 Å². The van der Waals surface area contributed by atoms with Gasteiger partial charge in [0.1, 0.15) is 6.10 Å². The molecule has 3 aliphatic rings. The maximum Gasteiger partial charge on any atom is 0.229 e. The zero-order valence-electron chi connectivity index (χ0n) is 14.8. The number of nitrogens with zero attached hydrogens (tertiary/aromatic N) is 4. The highest BCUT2D eigenvalue weighted by atomic mass is 16.8. The fraction of sp³-hybridized carbons (Fsp3) is 0.556. The van der Waals surface area contributed by atoms with Crippen molar-refractivity contribution >= 4 is 11.9 Å².